The van der Waals surface area contributed by atoms with Crippen LogP contribution >= 0.6 is 0 Å². The molecule has 0 radical (unpaired) electrons. The number of hydrogen-bond donors (Lipinski definition) is 1. The van der Waals surface area contributed by atoms with Crippen molar-refractivity contribution in [2.45, 2.75) is 37.1 Å². The van der Waals surface area contributed by atoms with Crippen LogP contribution in [0.3, 0.4) is 0 Å². The molecular formula is C11H14O4. The summed E-state index contributed by atoms with van der Waals surface area (Å²) in [6.07, 6.45) is 2.62. The van der Waals surface area contributed by atoms with Crippen LogP contribution in [0.1, 0.15) is 19.3 Å². The minimum Gasteiger partial charge on any atom is -0.478 e. The van der Waals surface area contributed by atoms with Crippen molar-refractivity contribution in [2.75, 3.05) is 6.61 Å². The average Bonchev–Trinajstić information content (AvgIpc) is 2.71. The first-order chi connectivity index (χ1) is 7.10. The first kappa shape index (κ1) is 9.36. The highest BCUT2D eigenvalue weighted by atomic mass is 16.6. The highest BCUT2D eigenvalue weighted by Crippen LogP contribution is 2.54. The van der Waals surface area contributed by atoms with Gasteiger partial charge in [-0.05, 0) is 6.42 Å². The number of hydrogen-bond acceptors (Lipinski definition) is 3. The fourth-order valence-electron chi connectivity index (χ4n) is 3.23. The molecule has 82 valence electrons. The van der Waals surface area contributed by atoms with Gasteiger partial charge in [0.15, 0.2) is 0 Å². The van der Waals surface area contributed by atoms with E-state index in [9.17, 15) is 4.79 Å². The number of carboxylic acid groups (broad SMARTS) is 1. The number of ether oxygens (including phenoxy) is 2. The quantitative estimate of drug-likeness (QED) is 0.705. The van der Waals surface area contributed by atoms with Gasteiger partial charge in [0, 0.05) is 24.3 Å². The molecule has 0 aliphatic carbocycles. The molecule has 0 saturated carbocycles. The Balaban J connectivity index is 1.77. The standard InChI is InChI=1S/C11H14O4/c1-6(10(12)13)2-11-3-7-5-14-8(4-11)9(7)15-11/h7-9H,1-5H2,(H,12,13). The lowest BCUT2D eigenvalue weighted by molar-refractivity contribution is -0.133. The van der Waals surface area contributed by atoms with Gasteiger partial charge in [0.1, 0.15) is 0 Å². The third-order valence-corrected chi connectivity index (χ3v) is 3.79. The Bertz CT molecular complexity index is 316. The van der Waals surface area contributed by atoms with E-state index in [4.69, 9.17) is 14.6 Å². The zero-order valence-electron chi connectivity index (χ0n) is 8.44. The molecule has 3 heterocycles. The second-order valence-corrected chi connectivity index (χ2v) is 4.89. The summed E-state index contributed by atoms with van der Waals surface area (Å²) in [7, 11) is 0. The fourth-order valence-corrected chi connectivity index (χ4v) is 3.23. The van der Waals surface area contributed by atoms with E-state index in [1.54, 1.807) is 0 Å². The number of rotatable bonds is 3. The molecule has 0 aromatic carbocycles. The maximum absolute atomic E-state index is 10.8. The van der Waals surface area contributed by atoms with Crippen molar-refractivity contribution in [1.29, 1.82) is 0 Å². The van der Waals surface area contributed by atoms with Crippen molar-refractivity contribution in [1.82, 2.24) is 0 Å². The van der Waals surface area contributed by atoms with Crippen LogP contribution in [0.2, 0.25) is 0 Å². The Hall–Kier alpha value is -0.870. The molecule has 4 atom stereocenters. The molecule has 0 spiro atoms. The van der Waals surface area contributed by atoms with E-state index in [1.807, 2.05) is 0 Å². The third kappa shape index (κ3) is 1.25. The van der Waals surface area contributed by atoms with E-state index in [0.717, 1.165) is 19.4 Å². The number of carbonyl (C=O) groups is 1. The normalized spacial score (nSPS) is 46.0. The van der Waals surface area contributed by atoms with Crippen LogP contribution in [-0.4, -0.2) is 35.5 Å². The van der Waals surface area contributed by atoms with E-state index in [1.165, 1.54) is 0 Å². The molecule has 3 rings (SSSR count). The van der Waals surface area contributed by atoms with Gasteiger partial charge in [-0.25, -0.2) is 4.79 Å². The smallest absolute Gasteiger partial charge is 0.331 e. The van der Waals surface area contributed by atoms with Crippen molar-refractivity contribution in [3.05, 3.63) is 12.2 Å². The molecular weight excluding hydrogens is 196 g/mol. The molecule has 0 amide bonds. The predicted octanol–water partition coefficient (Wildman–Crippen LogP) is 0.964. The number of carboxylic acids is 1. The van der Waals surface area contributed by atoms with Crippen LogP contribution in [0.15, 0.2) is 12.2 Å². The van der Waals surface area contributed by atoms with Gasteiger partial charge in [-0.2, -0.15) is 0 Å². The minimum absolute atomic E-state index is 0.199. The Morgan fingerprint density at radius 1 is 1.53 bits per heavy atom. The van der Waals surface area contributed by atoms with E-state index >= 15 is 0 Å². The van der Waals surface area contributed by atoms with E-state index in [-0.39, 0.29) is 23.4 Å². The van der Waals surface area contributed by atoms with E-state index < -0.39 is 5.97 Å². The Morgan fingerprint density at radius 3 is 2.93 bits per heavy atom. The second-order valence-electron chi connectivity index (χ2n) is 4.89. The second kappa shape index (κ2) is 2.83. The van der Waals surface area contributed by atoms with Crippen LogP contribution in [0.4, 0.5) is 0 Å². The summed E-state index contributed by atoms with van der Waals surface area (Å²) in [5.41, 5.74) is -0.0386. The minimum atomic E-state index is -0.920. The van der Waals surface area contributed by atoms with E-state index in [0.29, 0.717) is 12.3 Å². The number of aliphatic carboxylic acids is 1. The largest absolute Gasteiger partial charge is 0.478 e. The molecule has 1 N–H and O–H groups in total. The molecule has 2 bridgehead atoms. The Morgan fingerprint density at radius 2 is 2.33 bits per heavy atom. The Labute approximate surface area is 87.9 Å². The molecule has 3 aliphatic rings. The summed E-state index contributed by atoms with van der Waals surface area (Å²) in [6, 6.07) is 0. The van der Waals surface area contributed by atoms with Crippen LogP contribution in [0, 0.1) is 5.92 Å². The van der Waals surface area contributed by atoms with Gasteiger partial charge in [-0.1, -0.05) is 6.58 Å². The summed E-state index contributed by atoms with van der Waals surface area (Å²) in [4.78, 5) is 10.8. The zero-order valence-corrected chi connectivity index (χ0v) is 8.44. The first-order valence-electron chi connectivity index (χ1n) is 5.30. The summed E-state index contributed by atoms with van der Waals surface area (Å²) < 4.78 is 11.5. The summed E-state index contributed by atoms with van der Waals surface area (Å²) in [6.45, 7) is 4.35. The van der Waals surface area contributed by atoms with Crippen LogP contribution in [0.5, 0.6) is 0 Å². The fraction of sp³-hybridized carbons (Fsp3) is 0.727. The molecule has 3 saturated heterocycles. The summed E-state index contributed by atoms with van der Waals surface area (Å²) in [5.74, 6) is -0.443. The maximum atomic E-state index is 10.8. The monoisotopic (exact) mass is 210 g/mol. The molecule has 4 unspecified atom stereocenters. The van der Waals surface area contributed by atoms with Gasteiger partial charge in [0.25, 0.3) is 0 Å². The van der Waals surface area contributed by atoms with Crippen molar-refractivity contribution in [3.8, 4) is 0 Å². The van der Waals surface area contributed by atoms with Crippen LogP contribution in [0.25, 0.3) is 0 Å². The lowest BCUT2D eigenvalue weighted by Crippen LogP contribution is -2.30. The molecule has 3 aliphatic heterocycles. The summed E-state index contributed by atoms with van der Waals surface area (Å²) >= 11 is 0. The molecule has 4 heteroatoms. The first-order valence-corrected chi connectivity index (χ1v) is 5.30. The van der Waals surface area contributed by atoms with Crippen LogP contribution < -0.4 is 0 Å². The van der Waals surface area contributed by atoms with Gasteiger partial charge in [0.05, 0.1) is 24.4 Å². The zero-order chi connectivity index (χ0) is 10.6. The van der Waals surface area contributed by atoms with Crippen molar-refractivity contribution in [3.63, 3.8) is 0 Å². The third-order valence-electron chi connectivity index (χ3n) is 3.79. The highest BCUT2D eigenvalue weighted by molar-refractivity contribution is 5.85. The van der Waals surface area contributed by atoms with Crippen molar-refractivity contribution < 1.29 is 19.4 Å². The predicted molar refractivity (Wildman–Crippen MR) is 51.5 cm³/mol. The van der Waals surface area contributed by atoms with Gasteiger partial charge in [-0.3, -0.25) is 0 Å². The maximum Gasteiger partial charge on any atom is 0.331 e. The molecule has 0 aromatic heterocycles. The SMILES string of the molecule is C=C(CC12CC3COC(C1)C3O2)C(=O)O. The average molecular weight is 210 g/mol. The summed E-state index contributed by atoms with van der Waals surface area (Å²) in [5, 5.41) is 8.83. The lowest BCUT2D eigenvalue weighted by Gasteiger charge is -2.25. The van der Waals surface area contributed by atoms with Gasteiger partial charge in [-0.15, -0.1) is 0 Å². The molecule has 15 heavy (non-hydrogen) atoms. The van der Waals surface area contributed by atoms with Gasteiger partial charge < -0.3 is 14.6 Å². The lowest BCUT2D eigenvalue weighted by atomic mass is 9.79. The molecule has 4 nitrogen and oxygen atoms in total. The van der Waals surface area contributed by atoms with Gasteiger partial charge in [0.2, 0.25) is 0 Å². The topological polar surface area (TPSA) is 55.8 Å². The van der Waals surface area contributed by atoms with Gasteiger partial charge >= 0.3 is 5.97 Å². The highest BCUT2D eigenvalue weighted by Gasteiger charge is 2.60. The van der Waals surface area contributed by atoms with E-state index in [2.05, 4.69) is 6.58 Å². The van der Waals surface area contributed by atoms with Crippen molar-refractivity contribution >= 4 is 5.97 Å². The molecule has 0 aromatic rings. The number of fused-ring (bicyclic) bond motifs is 1. The Kier molecular flexibility index (Phi) is 1.77. The van der Waals surface area contributed by atoms with Crippen LogP contribution in [-0.2, 0) is 14.3 Å². The van der Waals surface area contributed by atoms with Crippen molar-refractivity contribution in [2.24, 2.45) is 5.92 Å². The molecule has 3 fully saturated rings.